The van der Waals surface area contributed by atoms with Crippen LogP contribution in [0.2, 0.25) is 5.02 Å². The number of carbonyl (C=O) groups is 1. The molecule has 0 radical (unpaired) electrons. The highest BCUT2D eigenvalue weighted by atomic mass is 35.5. The minimum absolute atomic E-state index is 0.126. The van der Waals surface area contributed by atoms with E-state index in [-0.39, 0.29) is 5.91 Å². The van der Waals surface area contributed by atoms with E-state index in [1.54, 1.807) is 12.1 Å². The van der Waals surface area contributed by atoms with Crippen LogP contribution >= 0.6 is 11.6 Å². The van der Waals surface area contributed by atoms with E-state index >= 15 is 0 Å². The molecule has 0 bridgehead atoms. The molecule has 4 rings (SSSR count). The summed E-state index contributed by atoms with van der Waals surface area (Å²) >= 11 is 5.90. The van der Waals surface area contributed by atoms with Crippen LogP contribution in [-0.4, -0.2) is 47.1 Å². The summed E-state index contributed by atoms with van der Waals surface area (Å²) in [5.41, 5.74) is 3.35. The molecule has 6 nitrogen and oxygen atoms in total. The molecule has 3 aromatic rings. The van der Waals surface area contributed by atoms with Crippen LogP contribution in [-0.2, 0) is 11.2 Å². The smallest absolute Gasteiger partial charge is 0.227 e. The van der Waals surface area contributed by atoms with Gasteiger partial charge in [-0.3, -0.25) is 4.79 Å². The standard InChI is InChI=1S/C22H23ClN4O2/c1-16-4-2-3-5-19(16)26-12-14-27(15-13-26)21(28)11-10-20-24-22(25-29-20)17-6-8-18(23)9-7-17/h2-9H,10-15H2,1H3. The van der Waals surface area contributed by atoms with Crippen molar-refractivity contribution in [2.24, 2.45) is 0 Å². The lowest BCUT2D eigenvalue weighted by Gasteiger charge is -2.36. The van der Waals surface area contributed by atoms with Gasteiger partial charge in [0.05, 0.1) is 0 Å². The molecule has 1 aromatic heterocycles. The zero-order valence-corrected chi connectivity index (χ0v) is 17.1. The van der Waals surface area contributed by atoms with Gasteiger partial charge in [0.25, 0.3) is 0 Å². The summed E-state index contributed by atoms with van der Waals surface area (Å²) in [6, 6.07) is 15.6. The molecule has 2 heterocycles. The van der Waals surface area contributed by atoms with E-state index in [1.807, 2.05) is 17.0 Å². The Bertz CT molecular complexity index is 978. The maximum absolute atomic E-state index is 12.6. The second-order valence-electron chi connectivity index (χ2n) is 7.17. The third-order valence-corrected chi connectivity index (χ3v) is 5.46. The molecule has 2 aromatic carbocycles. The summed E-state index contributed by atoms with van der Waals surface area (Å²) in [6.07, 6.45) is 0.810. The molecular formula is C22H23ClN4O2. The number of amides is 1. The largest absolute Gasteiger partial charge is 0.368 e. The van der Waals surface area contributed by atoms with Gasteiger partial charge >= 0.3 is 0 Å². The van der Waals surface area contributed by atoms with Gasteiger partial charge in [-0.1, -0.05) is 35.0 Å². The second-order valence-corrected chi connectivity index (χ2v) is 7.61. The summed E-state index contributed by atoms with van der Waals surface area (Å²) in [7, 11) is 0. The Hall–Kier alpha value is -2.86. The molecule has 0 aliphatic carbocycles. The number of aromatic nitrogens is 2. The van der Waals surface area contributed by atoms with Gasteiger partial charge in [0, 0.05) is 55.3 Å². The average Bonchev–Trinajstić information content (AvgIpc) is 3.22. The van der Waals surface area contributed by atoms with Crippen molar-refractivity contribution >= 4 is 23.2 Å². The van der Waals surface area contributed by atoms with Gasteiger partial charge in [0.1, 0.15) is 0 Å². The lowest BCUT2D eigenvalue weighted by Crippen LogP contribution is -2.49. The fourth-order valence-electron chi connectivity index (χ4n) is 3.56. The monoisotopic (exact) mass is 410 g/mol. The molecule has 0 spiro atoms. The molecule has 0 atom stereocenters. The first-order valence-electron chi connectivity index (χ1n) is 9.77. The van der Waals surface area contributed by atoms with Crippen LogP contribution in [0.4, 0.5) is 5.69 Å². The highest BCUT2D eigenvalue weighted by molar-refractivity contribution is 6.30. The van der Waals surface area contributed by atoms with Crippen LogP contribution in [0.25, 0.3) is 11.4 Å². The number of hydrogen-bond acceptors (Lipinski definition) is 5. The number of aryl methyl sites for hydroxylation is 2. The zero-order valence-electron chi connectivity index (χ0n) is 16.3. The highest BCUT2D eigenvalue weighted by Crippen LogP contribution is 2.22. The minimum atomic E-state index is 0.126. The van der Waals surface area contributed by atoms with Gasteiger partial charge in [0.2, 0.25) is 17.6 Å². The first kappa shape index (κ1) is 19.5. The van der Waals surface area contributed by atoms with E-state index in [0.717, 1.165) is 31.7 Å². The van der Waals surface area contributed by atoms with Gasteiger partial charge in [-0.15, -0.1) is 0 Å². The predicted molar refractivity (Wildman–Crippen MR) is 113 cm³/mol. The molecule has 0 saturated carbocycles. The Morgan fingerprint density at radius 1 is 1.07 bits per heavy atom. The van der Waals surface area contributed by atoms with Crippen LogP contribution in [0, 0.1) is 6.92 Å². The summed E-state index contributed by atoms with van der Waals surface area (Å²) in [6.45, 7) is 5.27. The van der Waals surface area contributed by atoms with Crippen LogP contribution in [0.5, 0.6) is 0 Å². The van der Waals surface area contributed by atoms with E-state index in [1.165, 1.54) is 11.3 Å². The fourth-order valence-corrected chi connectivity index (χ4v) is 3.69. The first-order chi connectivity index (χ1) is 14.1. The molecule has 7 heteroatoms. The first-order valence-corrected chi connectivity index (χ1v) is 10.1. The number of para-hydroxylation sites is 1. The van der Waals surface area contributed by atoms with E-state index < -0.39 is 0 Å². The van der Waals surface area contributed by atoms with E-state index in [9.17, 15) is 4.79 Å². The Morgan fingerprint density at radius 2 is 1.79 bits per heavy atom. The molecule has 1 aliphatic heterocycles. The van der Waals surface area contributed by atoms with Gasteiger partial charge in [-0.2, -0.15) is 4.98 Å². The van der Waals surface area contributed by atoms with Gasteiger partial charge < -0.3 is 14.3 Å². The third-order valence-electron chi connectivity index (χ3n) is 5.21. The Kier molecular flexibility index (Phi) is 5.81. The molecule has 1 fully saturated rings. The third kappa shape index (κ3) is 4.59. The minimum Gasteiger partial charge on any atom is -0.368 e. The quantitative estimate of drug-likeness (QED) is 0.636. The number of hydrogen-bond donors (Lipinski definition) is 0. The number of carbonyl (C=O) groups excluding carboxylic acids is 1. The van der Waals surface area contributed by atoms with Crippen molar-refractivity contribution < 1.29 is 9.32 Å². The number of piperazine rings is 1. The van der Waals surface area contributed by atoms with Crippen molar-refractivity contribution in [3.63, 3.8) is 0 Å². The number of nitrogens with zero attached hydrogens (tertiary/aromatic N) is 4. The lowest BCUT2D eigenvalue weighted by molar-refractivity contribution is -0.131. The van der Waals surface area contributed by atoms with Crippen LogP contribution in [0.15, 0.2) is 53.1 Å². The molecule has 1 saturated heterocycles. The van der Waals surface area contributed by atoms with Crippen molar-refractivity contribution in [2.75, 3.05) is 31.1 Å². The average molecular weight is 411 g/mol. The molecule has 29 heavy (non-hydrogen) atoms. The second kappa shape index (κ2) is 8.66. The fraction of sp³-hybridized carbons (Fsp3) is 0.318. The van der Waals surface area contributed by atoms with Gasteiger partial charge in [-0.25, -0.2) is 0 Å². The SMILES string of the molecule is Cc1ccccc1N1CCN(C(=O)CCc2nc(-c3ccc(Cl)cc3)no2)CC1. The van der Waals surface area contributed by atoms with Gasteiger partial charge in [0.15, 0.2) is 0 Å². The van der Waals surface area contributed by atoms with E-state index in [2.05, 4.69) is 46.2 Å². The van der Waals surface area contributed by atoms with Crippen molar-refractivity contribution in [3.05, 3.63) is 65.0 Å². The normalized spacial score (nSPS) is 14.3. The van der Waals surface area contributed by atoms with Crippen LogP contribution in [0.1, 0.15) is 17.9 Å². The Balaban J connectivity index is 1.29. The van der Waals surface area contributed by atoms with Crippen molar-refractivity contribution in [1.82, 2.24) is 15.0 Å². The molecule has 150 valence electrons. The molecule has 0 N–H and O–H groups in total. The Morgan fingerprint density at radius 3 is 2.52 bits per heavy atom. The summed E-state index contributed by atoms with van der Waals surface area (Å²) in [4.78, 5) is 21.3. The highest BCUT2D eigenvalue weighted by Gasteiger charge is 2.22. The van der Waals surface area contributed by atoms with Crippen LogP contribution in [0.3, 0.4) is 0 Å². The number of rotatable bonds is 5. The molecule has 1 amide bonds. The number of halogens is 1. The van der Waals surface area contributed by atoms with Crippen molar-refractivity contribution in [1.29, 1.82) is 0 Å². The van der Waals surface area contributed by atoms with Gasteiger partial charge in [-0.05, 0) is 42.8 Å². The maximum atomic E-state index is 12.6. The maximum Gasteiger partial charge on any atom is 0.227 e. The zero-order chi connectivity index (χ0) is 20.2. The summed E-state index contributed by atoms with van der Waals surface area (Å²) in [5, 5.41) is 4.66. The molecule has 0 unspecified atom stereocenters. The number of benzene rings is 2. The topological polar surface area (TPSA) is 62.5 Å². The predicted octanol–water partition coefficient (Wildman–Crippen LogP) is 3.98. The van der Waals surface area contributed by atoms with Crippen LogP contribution < -0.4 is 4.90 Å². The number of anilines is 1. The summed E-state index contributed by atoms with van der Waals surface area (Å²) < 4.78 is 5.30. The molecular weight excluding hydrogens is 388 g/mol. The van der Waals surface area contributed by atoms with Crippen molar-refractivity contribution in [3.8, 4) is 11.4 Å². The van der Waals surface area contributed by atoms with E-state index in [4.69, 9.17) is 16.1 Å². The molecule has 1 aliphatic rings. The summed E-state index contributed by atoms with van der Waals surface area (Å²) in [5.74, 6) is 1.11. The van der Waals surface area contributed by atoms with Crippen molar-refractivity contribution in [2.45, 2.75) is 19.8 Å². The van der Waals surface area contributed by atoms with E-state index in [0.29, 0.717) is 29.6 Å². The lowest BCUT2D eigenvalue weighted by atomic mass is 10.1. The Labute approximate surface area is 175 Å².